The molecule has 72 valence electrons. The van der Waals surface area contributed by atoms with E-state index in [9.17, 15) is 0 Å². The van der Waals surface area contributed by atoms with Crippen molar-refractivity contribution in [1.82, 2.24) is 0 Å². The molecule has 1 nitrogen and oxygen atoms in total. The Balaban J connectivity index is 2.78. The van der Waals surface area contributed by atoms with Crippen LogP contribution in [0.15, 0.2) is 18.2 Å². The van der Waals surface area contributed by atoms with Crippen LogP contribution in [0.25, 0.3) is 0 Å². The third kappa shape index (κ3) is 3.20. The molecule has 0 aliphatic rings. The summed E-state index contributed by atoms with van der Waals surface area (Å²) in [7, 11) is 1.66. The first kappa shape index (κ1) is 10.9. The van der Waals surface area contributed by atoms with Crippen LogP contribution in [0.5, 0.6) is 5.75 Å². The van der Waals surface area contributed by atoms with E-state index in [-0.39, 0.29) is 0 Å². The Hall–Kier alpha value is -0.210. The van der Waals surface area contributed by atoms with Crippen molar-refractivity contribution < 1.29 is 4.74 Å². The number of aryl methyl sites for hydroxylation is 1. The molecule has 0 saturated heterocycles. The van der Waals surface area contributed by atoms with Gasteiger partial charge in [-0.05, 0) is 36.6 Å². The number of alkyl halides is 1. The van der Waals surface area contributed by atoms with E-state index in [0.717, 1.165) is 34.5 Å². The third-order valence-corrected chi connectivity index (χ3v) is 2.76. The normalized spacial score (nSPS) is 10.1. The third-order valence-electron chi connectivity index (χ3n) is 1.83. The second-order valence-corrected chi connectivity index (χ2v) is 3.95. The maximum atomic E-state index is 6.02. The summed E-state index contributed by atoms with van der Waals surface area (Å²) in [5.74, 6) is 0.869. The molecular weight excluding hydrogens is 251 g/mol. The average Bonchev–Trinajstić information content (AvgIpc) is 2.17. The van der Waals surface area contributed by atoms with E-state index in [1.807, 2.05) is 18.2 Å². The zero-order valence-electron chi connectivity index (χ0n) is 7.52. The lowest BCUT2D eigenvalue weighted by atomic mass is 10.1. The highest BCUT2D eigenvalue weighted by atomic mass is 79.9. The minimum atomic E-state index is 0.821. The van der Waals surface area contributed by atoms with Gasteiger partial charge in [-0.1, -0.05) is 27.5 Å². The van der Waals surface area contributed by atoms with Crippen molar-refractivity contribution in [2.45, 2.75) is 12.8 Å². The zero-order valence-corrected chi connectivity index (χ0v) is 9.86. The van der Waals surface area contributed by atoms with Gasteiger partial charge in [0.1, 0.15) is 5.75 Å². The number of halogens is 2. The summed E-state index contributed by atoms with van der Waals surface area (Å²) in [6.45, 7) is 0. The number of benzene rings is 1. The second-order valence-electron chi connectivity index (χ2n) is 2.75. The van der Waals surface area contributed by atoms with Gasteiger partial charge in [-0.3, -0.25) is 0 Å². The van der Waals surface area contributed by atoms with E-state index in [0.29, 0.717) is 0 Å². The highest BCUT2D eigenvalue weighted by Crippen LogP contribution is 2.23. The smallest absolute Gasteiger partial charge is 0.119 e. The molecule has 0 N–H and O–H groups in total. The van der Waals surface area contributed by atoms with Crippen molar-refractivity contribution in [3.05, 3.63) is 28.8 Å². The molecule has 13 heavy (non-hydrogen) atoms. The van der Waals surface area contributed by atoms with Crippen LogP contribution in [0.2, 0.25) is 5.02 Å². The molecule has 0 bridgehead atoms. The second kappa shape index (κ2) is 5.51. The van der Waals surface area contributed by atoms with Crippen molar-refractivity contribution in [3.63, 3.8) is 0 Å². The predicted octanol–water partition coefficient (Wildman–Crippen LogP) is 3.68. The van der Waals surface area contributed by atoms with Gasteiger partial charge in [0.15, 0.2) is 0 Å². The number of hydrogen-bond donors (Lipinski definition) is 0. The van der Waals surface area contributed by atoms with Crippen LogP contribution in [0.4, 0.5) is 0 Å². The summed E-state index contributed by atoms with van der Waals surface area (Å²) in [5, 5.41) is 1.82. The molecule has 1 rings (SSSR count). The Morgan fingerprint density at radius 3 is 2.85 bits per heavy atom. The molecule has 0 aromatic heterocycles. The van der Waals surface area contributed by atoms with Gasteiger partial charge in [0.2, 0.25) is 0 Å². The fraction of sp³-hybridized carbons (Fsp3) is 0.400. The summed E-state index contributed by atoms with van der Waals surface area (Å²) < 4.78 is 5.12. The van der Waals surface area contributed by atoms with Gasteiger partial charge < -0.3 is 4.74 Å². The van der Waals surface area contributed by atoms with Crippen LogP contribution in [0.1, 0.15) is 12.0 Å². The number of hydrogen-bond acceptors (Lipinski definition) is 1. The molecule has 0 fully saturated rings. The molecule has 0 aliphatic carbocycles. The first-order chi connectivity index (χ1) is 6.27. The minimum absolute atomic E-state index is 0.821. The van der Waals surface area contributed by atoms with Crippen molar-refractivity contribution in [2.24, 2.45) is 0 Å². The quantitative estimate of drug-likeness (QED) is 0.753. The van der Waals surface area contributed by atoms with Gasteiger partial charge in [0.25, 0.3) is 0 Å². The summed E-state index contributed by atoms with van der Waals surface area (Å²) in [6.07, 6.45) is 2.08. The maximum Gasteiger partial charge on any atom is 0.119 e. The van der Waals surface area contributed by atoms with E-state index >= 15 is 0 Å². The summed E-state index contributed by atoms with van der Waals surface area (Å²) >= 11 is 9.41. The van der Waals surface area contributed by atoms with Crippen molar-refractivity contribution in [1.29, 1.82) is 0 Å². The SMILES string of the molecule is COc1ccc(Cl)c(CCCBr)c1. The topological polar surface area (TPSA) is 9.23 Å². The van der Waals surface area contributed by atoms with Gasteiger partial charge in [-0.2, -0.15) is 0 Å². The Kier molecular flexibility index (Phi) is 4.60. The zero-order chi connectivity index (χ0) is 9.68. The van der Waals surface area contributed by atoms with E-state index in [4.69, 9.17) is 16.3 Å². The van der Waals surface area contributed by atoms with E-state index in [1.165, 1.54) is 0 Å². The van der Waals surface area contributed by atoms with Crippen LogP contribution in [-0.4, -0.2) is 12.4 Å². The molecule has 1 aromatic carbocycles. The lowest BCUT2D eigenvalue weighted by Crippen LogP contribution is -1.90. The molecule has 0 atom stereocenters. The molecule has 0 spiro atoms. The molecule has 0 heterocycles. The average molecular weight is 264 g/mol. The highest BCUT2D eigenvalue weighted by Gasteiger charge is 2.01. The highest BCUT2D eigenvalue weighted by molar-refractivity contribution is 9.09. The van der Waals surface area contributed by atoms with E-state index < -0.39 is 0 Å². The Morgan fingerprint density at radius 2 is 2.23 bits per heavy atom. The van der Waals surface area contributed by atoms with Gasteiger partial charge in [0.05, 0.1) is 7.11 Å². The molecule has 3 heteroatoms. The monoisotopic (exact) mass is 262 g/mol. The molecule has 0 amide bonds. The number of ether oxygens (including phenoxy) is 1. The fourth-order valence-corrected chi connectivity index (χ4v) is 1.62. The summed E-state index contributed by atoms with van der Waals surface area (Å²) in [6, 6.07) is 5.74. The maximum absolute atomic E-state index is 6.02. The van der Waals surface area contributed by atoms with Crippen LogP contribution < -0.4 is 4.74 Å². The van der Waals surface area contributed by atoms with Crippen LogP contribution in [0, 0.1) is 0 Å². The lowest BCUT2D eigenvalue weighted by Gasteiger charge is -2.05. The van der Waals surface area contributed by atoms with Gasteiger partial charge in [-0.25, -0.2) is 0 Å². The van der Waals surface area contributed by atoms with Crippen molar-refractivity contribution in [3.8, 4) is 5.75 Å². The largest absolute Gasteiger partial charge is 0.497 e. The molecule has 0 aliphatic heterocycles. The van der Waals surface area contributed by atoms with Crippen molar-refractivity contribution >= 4 is 27.5 Å². The molecular formula is C10H12BrClO. The van der Waals surface area contributed by atoms with Gasteiger partial charge >= 0.3 is 0 Å². The Morgan fingerprint density at radius 1 is 1.46 bits per heavy atom. The van der Waals surface area contributed by atoms with Crippen LogP contribution in [0.3, 0.4) is 0 Å². The van der Waals surface area contributed by atoms with Crippen LogP contribution >= 0.6 is 27.5 Å². The molecule has 0 radical (unpaired) electrons. The molecule has 1 aromatic rings. The van der Waals surface area contributed by atoms with Crippen LogP contribution in [-0.2, 0) is 6.42 Å². The Labute approximate surface area is 92.2 Å². The standard InChI is InChI=1S/C10H12BrClO/c1-13-9-4-5-10(12)8(7-9)3-2-6-11/h4-5,7H,2-3,6H2,1H3. The van der Waals surface area contributed by atoms with Gasteiger partial charge in [-0.15, -0.1) is 0 Å². The summed E-state index contributed by atoms with van der Waals surface area (Å²) in [4.78, 5) is 0. The lowest BCUT2D eigenvalue weighted by molar-refractivity contribution is 0.414. The predicted molar refractivity (Wildman–Crippen MR) is 60.1 cm³/mol. The van der Waals surface area contributed by atoms with E-state index in [2.05, 4.69) is 15.9 Å². The fourth-order valence-electron chi connectivity index (χ4n) is 1.13. The van der Waals surface area contributed by atoms with Gasteiger partial charge in [0, 0.05) is 10.4 Å². The minimum Gasteiger partial charge on any atom is -0.497 e. The first-order valence-electron chi connectivity index (χ1n) is 4.16. The first-order valence-corrected chi connectivity index (χ1v) is 5.66. The summed E-state index contributed by atoms with van der Waals surface area (Å²) in [5.41, 5.74) is 1.15. The number of rotatable bonds is 4. The molecule has 0 saturated carbocycles. The number of methoxy groups -OCH3 is 1. The Bertz CT molecular complexity index is 276. The molecule has 0 unspecified atom stereocenters. The van der Waals surface area contributed by atoms with Crippen molar-refractivity contribution in [2.75, 3.05) is 12.4 Å². The van der Waals surface area contributed by atoms with E-state index in [1.54, 1.807) is 7.11 Å².